The molecule has 0 spiro atoms. The monoisotopic (exact) mass is 421 g/mol. The maximum absolute atomic E-state index is 14.0. The van der Waals surface area contributed by atoms with Gasteiger partial charge in [0, 0.05) is 3.57 Å². The van der Waals surface area contributed by atoms with Crippen LogP contribution in [0.3, 0.4) is 0 Å². The number of rotatable bonds is 3. The lowest BCUT2D eigenvalue weighted by molar-refractivity contribution is 0.590. The summed E-state index contributed by atoms with van der Waals surface area (Å²) in [6.07, 6.45) is 6.83. The van der Waals surface area contributed by atoms with E-state index in [-0.39, 0.29) is 17.6 Å². The molecule has 8 heteroatoms. The van der Waals surface area contributed by atoms with Gasteiger partial charge in [0.15, 0.2) is 0 Å². The number of halogens is 2. The van der Waals surface area contributed by atoms with Gasteiger partial charge in [-0.25, -0.2) is 9.37 Å². The fourth-order valence-corrected chi connectivity index (χ4v) is 2.34. The molecule has 0 fully saturated rings. The third-order valence-corrected chi connectivity index (χ3v) is 3.59. The van der Waals surface area contributed by atoms with Crippen LogP contribution < -0.4 is 11.1 Å². The minimum Gasteiger partial charge on any atom is -0.403 e. The first-order valence-corrected chi connectivity index (χ1v) is 7.43. The van der Waals surface area contributed by atoms with Crippen molar-refractivity contribution in [3.05, 3.63) is 45.5 Å². The molecule has 2 aromatic heterocycles. The second-order valence-electron chi connectivity index (χ2n) is 4.45. The maximum atomic E-state index is 14.0. The molecule has 0 aliphatic rings. The highest BCUT2D eigenvalue weighted by Gasteiger charge is 2.15. The number of anilines is 3. The van der Waals surface area contributed by atoms with Gasteiger partial charge in [0.1, 0.15) is 11.5 Å². The largest absolute Gasteiger partial charge is 0.403 e. The van der Waals surface area contributed by atoms with Crippen LogP contribution in [0.5, 0.6) is 0 Å². The van der Waals surface area contributed by atoms with E-state index in [0.717, 1.165) is 3.57 Å². The SMILES string of the molecule is C#Cc1cc(-c2nnc(N)o2)c(Nc2ccc(I)cc2F)cn1. The van der Waals surface area contributed by atoms with Crippen molar-refractivity contribution in [2.24, 2.45) is 0 Å². The fourth-order valence-electron chi connectivity index (χ4n) is 1.89. The van der Waals surface area contributed by atoms with E-state index in [1.165, 1.54) is 12.3 Å². The first kappa shape index (κ1) is 15.2. The van der Waals surface area contributed by atoms with Crippen LogP contribution in [0.1, 0.15) is 5.69 Å². The van der Waals surface area contributed by atoms with Crippen molar-refractivity contribution in [1.82, 2.24) is 15.2 Å². The average molecular weight is 421 g/mol. The molecule has 0 radical (unpaired) electrons. The van der Waals surface area contributed by atoms with Gasteiger partial charge >= 0.3 is 6.01 Å². The quantitative estimate of drug-likeness (QED) is 0.499. The Morgan fingerprint density at radius 3 is 2.74 bits per heavy atom. The van der Waals surface area contributed by atoms with Crippen molar-refractivity contribution in [1.29, 1.82) is 0 Å². The van der Waals surface area contributed by atoms with Crippen LogP contribution in [0, 0.1) is 21.7 Å². The number of nitrogens with zero attached hydrogens (tertiary/aromatic N) is 3. The number of hydrogen-bond donors (Lipinski definition) is 2. The summed E-state index contributed by atoms with van der Waals surface area (Å²) in [5, 5.41) is 10.4. The van der Waals surface area contributed by atoms with E-state index in [4.69, 9.17) is 16.6 Å². The zero-order chi connectivity index (χ0) is 16.4. The normalized spacial score (nSPS) is 10.3. The Labute approximate surface area is 144 Å². The summed E-state index contributed by atoms with van der Waals surface area (Å²) in [7, 11) is 0. The lowest BCUT2D eigenvalue weighted by Crippen LogP contribution is -1.99. The predicted molar refractivity (Wildman–Crippen MR) is 92.3 cm³/mol. The summed E-state index contributed by atoms with van der Waals surface area (Å²) in [6, 6.07) is 6.32. The summed E-state index contributed by atoms with van der Waals surface area (Å²) in [6.45, 7) is 0. The first-order valence-electron chi connectivity index (χ1n) is 6.35. The minimum atomic E-state index is -0.395. The Morgan fingerprint density at radius 1 is 1.26 bits per heavy atom. The van der Waals surface area contributed by atoms with Crippen molar-refractivity contribution < 1.29 is 8.81 Å². The topological polar surface area (TPSA) is 89.9 Å². The van der Waals surface area contributed by atoms with Gasteiger partial charge in [-0.2, -0.15) is 0 Å². The summed E-state index contributed by atoms with van der Waals surface area (Å²) in [5.74, 6) is 2.19. The Morgan fingerprint density at radius 2 is 2.09 bits per heavy atom. The lowest BCUT2D eigenvalue weighted by Gasteiger charge is -2.11. The Bertz CT molecular complexity index is 918. The summed E-state index contributed by atoms with van der Waals surface area (Å²) in [4.78, 5) is 4.09. The molecule has 3 aromatic rings. The van der Waals surface area contributed by atoms with E-state index in [2.05, 4.69) is 26.4 Å². The minimum absolute atomic E-state index is 0.0783. The predicted octanol–water partition coefficient (Wildman–Crippen LogP) is 3.18. The molecule has 0 saturated heterocycles. The van der Waals surface area contributed by atoms with Crippen molar-refractivity contribution in [2.75, 3.05) is 11.1 Å². The average Bonchev–Trinajstić information content (AvgIpc) is 2.96. The molecule has 0 unspecified atom stereocenters. The zero-order valence-corrected chi connectivity index (χ0v) is 13.7. The molecule has 0 bridgehead atoms. The number of aromatic nitrogens is 3. The molecule has 0 saturated carbocycles. The van der Waals surface area contributed by atoms with Crippen molar-refractivity contribution in [2.45, 2.75) is 0 Å². The summed E-state index contributed by atoms with van der Waals surface area (Å²) < 4.78 is 20.0. The first-order chi connectivity index (χ1) is 11.1. The van der Waals surface area contributed by atoms with E-state index in [1.807, 2.05) is 22.6 Å². The highest BCUT2D eigenvalue weighted by Crippen LogP contribution is 2.31. The lowest BCUT2D eigenvalue weighted by atomic mass is 10.1. The molecule has 3 rings (SSSR count). The number of nitrogens with two attached hydrogens (primary N) is 1. The second kappa shape index (κ2) is 6.21. The molecule has 23 heavy (non-hydrogen) atoms. The van der Waals surface area contributed by atoms with Crippen LogP contribution in [0.15, 0.2) is 34.9 Å². The number of nitrogens with one attached hydrogen (secondary N) is 1. The zero-order valence-electron chi connectivity index (χ0n) is 11.5. The second-order valence-corrected chi connectivity index (χ2v) is 5.70. The van der Waals surface area contributed by atoms with Gasteiger partial charge in [0.25, 0.3) is 5.89 Å². The number of benzene rings is 1. The smallest absolute Gasteiger partial charge is 0.313 e. The van der Waals surface area contributed by atoms with Gasteiger partial charge in [-0.15, -0.1) is 11.5 Å². The third-order valence-electron chi connectivity index (χ3n) is 2.92. The number of nitrogen functional groups attached to an aromatic ring is 1. The van der Waals surface area contributed by atoms with Crippen LogP contribution in [-0.2, 0) is 0 Å². The number of pyridine rings is 1. The molecular formula is C15H9FIN5O. The number of terminal acetylenes is 1. The van der Waals surface area contributed by atoms with Crippen LogP contribution in [0.4, 0.5) is 21.8 Å². The van der Waals surface area contributed by atoms with E-state index in [9.17, 15) is 4.39 Å². The van der Waals surface area contributed by atoms with Gasteiger partial charge < -0.3 is 15.5 Å². The maximum Gasteiger partial charge on any atom is 0.313 e. The fraction of sp³-hybridized carbons (Fsp3) is 0. The molecule has 3 N–H and O–H groups in total. The van der Waals surface area contributed by atoms with Gasteiger partial charge in [0.05, 0.1) is 23.1 Å². The molecule has 2 heterocycles. The molecular weight excluding hydrogens is 412 g/mol. The van der Waals surface area contributed by atoms with Gasteiger partial charge in [0.2, 0.25) is 0 Å². The van der Waals surface area contributed by atoms with Crippen LogP contribution in [-0.4, -0.2) is 15.2 Å². The molecule has 114 valence electrons. The van der Waals surface area contributed by atoms with Crippen molar-refractivity contribution in [3.8, 4) is 23.8 Å². The number of hydrogen-bond acceptors (Lipinski definition) is 6. The standard InChI is InChI=1S/C15H9FIN5O/c1-2-9-6-10(14-21-22-15(18)23-14)13(7-19-9)20-12-4-3-8(17)5-11(12)16/h1,3-7,20H,(H2,18,22). The molecule has 1 aromatic carbocycles. The van der Waals surface area contributed by atoms with Gasteiger partial charge in [-0.3, -0.25) is 0 Å². The Hall–Kier alpha value is -2.67. The molecule has 0 aliphatic carbocycles. The summed E-state index contributed by atoms with van der Waals surface area (Å²) in [5.41, 5.74) is 7.07. The van der Waals surface area contributed by atoms with E-state index in [0.29, 0.717) is 16.9 Å². The highest BCUT2D eigenvalue weighted by molar-refractivity contribution is 14.1. The molecule has 0 aliphatic heterocycles. The van der Waals surface area contributed by atoms with Crippen LogP contribution >= 0.6 is 22.6 Å². The van der Waals surface area contributed by atoms with Crippen molar-refractivity contribution in [3.63, 3.8) is 0 Å². The van der Waals surface area contributed by atoms with E-state index < -0.39 is 5.82 Å². The third kappa shape index (κ3) is 3.24. The van der Waals surface area contributed by atoms with E-state index in [1.54, 1.807) is 18.2 Å². The molecule has 6 nitrogen and oxygen atoms in total. The van der Waals surface area contributed by atoms with Gasteiger partial charge in [-0.05, 0) is 46.9 Å². The van der Waals surface area contributed by atoms with Crippen LogP contribution in [0.25, 0.3) is 11.5 Å². The Balaban J connectivity index is 2.06. The van der Waals surface area contributed by atoms with Gasteiger partial charge in [-0.1, -0.05) is 11.0 Å². The molecule has 0 atom stereocenters. The van der Waals surface area contributed by atoms with E-state index >= 15 is 0 Å². The molecule has 0 amide bonds. The van der Waals surface area contributed by atoms with Crippen LogP contribution in [0.2, 0.25) is 0 Å². The Kier molecular flexibility index (Phi) is 4.12. The highest BCUT2D eigenvalue weighted by atomic mass is 127. The summed E-state index contributed by atoms with van der Waals surface area (Å²) >= 11 is 2.03. The van der Waals surface area contributed by atoms with Crippen molar-refractivity contribution >= 4 is 40.0 Å².